The highest BCUT2D eigenvalue weighted by Crippen LogP contribution is 2.36. The smallest absolute Gasteiger partial charge is 0.203 e. The van der Waals surface area contributed by atoms with Gasteiger partial charge in [0.15, 0.2) is 0 Å². The van der Waals surface area contributed by atoms with Gasteiger partial charge in [0.05, 0.1) is 5.69 Å². The number of aromatic nitrogens is 2. The fourth-order valence-corrected chi connectivity index (χ4v) is 3.14. The molecule has 0 amide bonds. The first kappa shape index (κ1) is 14.4. The second-order valence-electron chi connectivity index (χ2n) is 6.46. The molecule has 0 aliphatic heterocycles. The van der Waals surface area contributed by atoms with Crippen molar-refractivity contribution in [3.05, 3.63) is 11.9 Å². The molecule has 1 N–H and O–H groups in total. The van der Waals surface area contributed by atoms with E-state index in [1.54, 1.807) is 0 Å². The lowest BCUT2D eigenvalue weighted by Gasteiger charge is -2.37. The molecule has 4 heteroatoms. The molecule has 0 bridgehead atoms. The first-order valence-electron chi connectivity index (χ1n) is 7.41. The molecule has 1 aliphatic carbocycles. The third-order valence-corrected chi connectivity index (χ3v) is 4.26. The van der Waals surface area contributed by atoms with Crippen molar-refractivity contribution < 1.29 is 0 Å². The number of hydrogen-bond donors (Lipinski definition) is 1. The monoisotopic (exact) mass is 264 g/mol. The van der Waals surface area contributed by atoms with Gasteiger partial charge in [-0.25, -0.2) is 4.98 Å². The zero-order valence-corrected chi connectivity index (χ0v) is 13.0. The minimum atomic E-state index is 0.306. The molecule has 2 rings (SSSR count). The minimum absolute atomic E-state index is 0.306. The van der Waals surface area contributed by atoms with Crippen molar-refractivity contribution >= 4 is 5.95 Å². The highest BCUT2D eigenvalue weighted by atomic mass is 15.3. The van der Waals surface area contributed by atoms with Crippen molar-refractivity contribution in [3.8, 4) is 0 Å². The Kier molecular flexibility index (Phi) is 4.19. The summed E-state index contributed by atoms with van der Waals surface area (Å²) in [6.45, 7) is 7.42. The average molecular weight is 264 g/mol. The SMILES string of the molecule is Cc1cn(CC2(N(C)C)CCCC2)c(NC(C)C)n1. The number of likely N-dealkylation sites (N-methyl/N-ethyl adjacent to an activating group) is 1. The predicted octanol–water partition coefficient (Wildman–Crippen LogP) is 2.89. The van der Waals surface area contributed by atoms with Gasteiger partial charge in [-0.05, 0) is 47.7 Å². The Labute approximate surface area is 117 Å². The number of nitrogens with one attached hydrogen (secondary N) is 1. The van der Waals surface area contributed by atoms with Gasteiger partial charge in [0, 0.05) is 24.3 Å². The van der Waals surface area contributed by atoms with E-state index < -0.39 is 0 Å². The first-order chi connectivity index (χ1) is 8.93. The third-order valence-electron chi connectivity index (χ3n) is 4.26. The molecule has 1 aromatic heterocycles. The molecule has 0 saturated heterocycles. The highest BCUT2D eigenvalue weighted by Gasteiger charge is 2.36. The zero-order chi connectivity index (χ0) is 14.0. The Hall–Kier alpha value is -1.03. The normalized spacial score (nSPS) is 18.5. The van der Waals surface area contributed by atoms with E-state index >= 15 is 0 Å². The van der Waals surface area contributed by atoms with Crippen molar-refractivity contribution in [1.29, 1.82) is 0 Å². The number of aryl methyl sites for hydroxylation is 1. The van der Waals surface area contributed by atoms with Crippen molar-refractivity contribution in [2.24, 2.45) is 0 Å². The molecule has 1 aromatic rings. The Morgan fingerprint density at radius 2 is 2.00 bits per heavy atom. The van der Waals surface area contributed by atoms with E-state index in [4.69, 9.17) is 0 Å². The van der Waals surface area contributed by atoms with Crippen molar-refractivity contribution in [1.82, 2.24) is 14.5 Å². The molecule has 0 unspecified atom stereocenters. The van der Waals surface area contributed by atoms with Crippen LogP contribution in [-0.2, 0) is 6.54 Å². The van der Waals surface area contributed by atoms with Crippen LogP contribution in [0.5, 0.6) is 0 Å². The summed E-state index contributed by atoms with van der Waals surface area (Å²) in [5.74, 6) is 1.01. The molecule has 4 nitrogen and oxygen atoms in total. The van der Waals surface area contributed by atoms with Crippen LogP contribution in [0, 0.1) is 6.92 Å². The maximum atomic E-state index is 4.62. The molecular formula is C15H28N4. The largest absolute Gasteiger partial charge is 0.353 e. The lowest BCUT2D eigenvalue weighted by Crippen LogP contribution is -2.45. The van der Waals surface area contributed by atoms with Crippen LogP contribution in [0.4, 0.5) is 5.95 Å². The molecule has 19 heavy (non-hydrogen) atoms. The summed E-state index contributed by atoms with van der Waals surface area (Å²) >= 11 is 0. The van der Waals surface area contributed by atoms with Crippen LogP contribution in [-0.4, -0.2) is 40.1 Å². The summed E-state index contributed by atoms with van der Waals surface area (Å²) in [6, 6.07) is 0.416. The van der Waals surface area contributed by atoms with Gasteiger partial charge in [-0.1, -0.05) is 12.8 Å². The van der Waals surface area contributed by atoms with Gasteiger partial charge in [0.1, 0.15) is 0 Å². The summed E-state index contributed by atoms with van der Waals surface area (Å²) in [5, 5.41) is 3.46. The highest BCUT2D eigenvalue weighted by molar-refractivity contribution is 5.30. The van der Waals surface area contributed by atoms with E-state index in [0.717, 1.165) is 18.2 Å². The van der Waals surface area contributed by atoms with Crippen molar-refractivity contribution in [3.63, 3.8) is 0 Å². The predicted molar refractivity (Wildman–Crippen MR) is 80.6 cm³/mol. The van der Waals surface area contributed by atoms with Gasteiger partial charge < -0.3 is 14.8 Å². The van der Waals surface area contributed by atoms with E-state index in [1.165, 1.54) is 25.7 Å². The Bertz CT molecular complexity index is 414. The van der Waals surface area contributed by atoms with Gasteiger partial charge in [0.2, 0.25) is 5.95 Å². The van der Waals surface area contributed by atoms with Gasteiger partial charge >= 0.3 is 0 Å². The average Bonchev–Trinajstić information content (AvgIpc) is 2.87. The molecule has 0 spiro atoms. The molecule has 1 heterocycles. The molecule has 1 aliphatic rings. The van der Waals surface area contributed by atoms with E-state index in [1.807, 2.05) is 0 Å². The molecular weight excluding hydrogens is 236 g/mol. The minimum Gasteiger partial charge on any atom is -0.353 e. The maximum absolute atomic E-state index is 4.62. The molecule has 0 radical (unpaired) electrons. The molecule has 108 valence electrons. The number of hydrogen-bond acceptors (Lipinski definition) is 3. The summed E-state index contributed by atoms with van der Waals surface area (Å²) < 4.78 is 2.31. The Morgan fingerprint density at radius 3 is 2.53 bits per heavy atom. The molecule has 1 fully saturated rings. The maximum Gasteiger partial charge on any atom is 0.203 e. The number of nitrogens with zero attached hydrogens (tertiary/aromatic N) is 3. The van der Waals surface area contributed by atoms with Gasteiger partial charge in [-0.15, -0.1) is 0 Å². The van der Waals surface area contributed by atoms with Gasteiger partial charge in [0.25, 0.3) is 0 Å². The molecule has 0 aromatic carbocycles. The van der Waals surface area contributed by atoms with Crippen LogP contribution in [0.1, 0.15) is 45.2 Å². The molecule has 1 saturated carbocycles. The van der Waals surface area contributed by atoms with E-state index in [0.29, 0.717) is 11.6 Å². The fraction of sp³-hybridized carbons (Fsp3) is 0.800. The van der Waals surface area contributed by atoms with Crippen LogP contribution >= 0.6 is 0 Å². The Morgan fingerprint density at radius 1 is 1.37 bits per heavy atom. The quantitative estimate of drug-likeness (QED) is 0.887. The van der Waals surface area contributed by atoms with Crippen LogP contribution in [0.2, 0.25) is 0 Å². The van der Waals surface area contributed by atoms with Crippen LogP contribution < -0.4 is 5.32 Å². The Balaban J connectivity index is 2.21. The van der Waals surface area contributed by atoms with Crippen LogP contribution in [0.25, 0.3) is 0 Å². The second kappa shape index (κ2) is 5.53. The van der Waals surface area contributed by atoms with Crippen LogP contribution in [0.15, 0.2) is 6.20 Å². The van der Waals surface area contributed by atoms with Gasteiger partial charge in [-0.3, -0.25) is 0 Å². The topological polar surface area (TPSA) is 33.1 Å². The number of imidazole rings is 1. The van der Waals surface area contributed by atoms with E-state index in [2.05, 4.69) is 60.8 Å². The first-order valence-corrected chi connectivity index (χ1v) is 7.41. The molecule has 0 atom stereocenters. The van der Waals surface area contributed by atoms with Gasteiger partial charge in [-0.2, -0.15) is 0 Å². The summed E-state index contributed by atoms with van der Waals surface area (Å²) in [4.78, 5) is 7.03. The number of anilines is 1. The van der Waals surface area contributed by atoms with E-state index in [-0.39, 0.29) is 0 Å². The third kappa shape index (κ3) is 3.11. The summed E-state index contributed by atoms with van der Waals surface area (Å²) in [7, 11) is 4.43. The zero-order valence-electron chi connectivity index (χ0n) is 13.0. The lowest BCUT2D eigenvalue weighted by atomic mass is 9.96. The van der Waals surface area contributed by atoms with Crippen molar-refractivity contribution in [2.75, 3.05) is 19.4 Å². The second-order valence-corrected chi connectivity index (χ2v) is 6.46. The fourth-order valence-electron chi connectivity index (χ4n) is 3.14. The number of rotatable bonds is 5. The lowest BCUT2D eigenvalue weighted by molar-refractivity contribution is 0.134. The van der Waals surface area contributed by atoms with Crippen LogP contribution in [0.3, 0.4) is 0 Å². The van der Waals surface area contributed by atoms with Crippen molar-refractivity contribution in [2.45, 2.75) is 64.6 Å². The standard InChI is InChI=1S/C15H28N4/c1-12(2)16-14-17-13(3)10-19(14)11-15(18(4)5)8-6-7-9-15/h10,12H,6-9,11H2,1-5H3,(H,16,17). The summed E-state index contributed by atoms with van der Waals surface area (Å²) in [6.07, 6.45) is 7.45. The van der Waals surface area contributed by atoms with E-state index in [9.17, 15) is 0 Å². The summed E-state index contributed by atoms with van der Waals surface area (Å²) in [5.41, 5.74) is 1.40.